The van der Waals surface area contributed by atoms with Crippen LogP contribution in [0.3, 0.4) is 0 Å². The molecular formula is C21H20ClN5O3. The van der Waals surface area contributed by atoms with Crippen LogP contribution in [0.5, 0.6) is 5.75 Å². The van der Waals surface area contributed by atoms with Gasteiger partial charge in [-0.2, -0.15) is 9.78 Å². The van der Waals surface area contributed by atoms with E-state index in [1.54, 1.807) is 24.3 Å². The van der Waals surface area contributed by atoms with Crippen molar-refractivity contribution in [3.05, 3.63) is 62.7 Å². The minimum absolute atomic E-state index is 0.140. The molecule has 5 rings (SSSR count). The Balaban J connectivity index is 1.38. The lowest BCUT2D eigenvalue weighted by Gasteiger charge is -2.10. The molecule has 9 heteroatoms. The van der Waals surface area contributed by atoms with Crippen molar-refractivity contribution in [2.45, 2.75) is 38.0 Å². The number of carbonyl (C=O) groups excluding carboxylic acids is 1. The van der Waals surface area contributed by atoms with Crippen molar-refractivity contribution < 1.29 is 9.53 Å². The molecule has 2 aromatic heterocycles. The van der Waals surface area contributed by atoms with Crippen molar-refractivity contribution in [2.75, 3.05) is 11.9 Å². The highest BCUT2D eigenvalue weighted by molar-refractivity contribution is 6.30. The van der Waals surface area contributed by atoms with E-state index < -0.39 is 0 Å². The smallest absolute Gasteiger partial charge is 0.263 e. The molecule has 1 saturated carbocycles. The van der Waals surface area contributed by atoms with Gasteiger partial charge in [0.1, 0.15) is 11.6 Å². The molecule has 2 N–H and O–H groups in total. The monoisotopic (exact) mass is 425 g/mol. The number of anilines is 1. The quantitative estimate of drug-likeness (QED) is 0.632. The number of ether oxygens (including phenoxy) is 1. The molecule has 3 aromatic rings. The lowest BCUT2D eigenvalue weighted by molar-refractivity contribution is -0.118. The van der Waals surface area contributed by atoms with Gasteiger partial charge in [0.25, 0.3) is 11.5 Å². The molecule has 2 aliphatic carbocycles. The molecule has 0 saturated heterocycles. The highest BCUT2D eigenvalue weighted by Crippen LogP contribution is 2.40. The molecule has 0 aliphatic heterocycles. The first kappa shape index (κ1) is 18.9. The number of fused-ring (bicyclic) bond motifs is 1. The first-order chi connectivity index (χ1) is 14.6. The van der Waals surface area contributed by atoms with Gasteiger partial charge in [-0.1, -0.05) is 11.6 Å². The Hall–Kier alpha value is -3.13. The highest BCUT2D eigenvalue weighted by atomic mass is 35.5. The van der Waals surface area contributed by atoms with E-state index >= 15 is 0 Å². The second kappa shape index (κ2) is 7.60. The van der Waals surface area contributed by atoms with Crippen molar-refractivity contribution in [3.8, 4) is 11.7 Å². The highest BCUT2D eigenvalue weighted by Gasteiger charge is 2.29. The van der Waals surface area contributed by atoms with Gasteiger partial charge in [-0.25, -0.2) is 4.98 Å². The maximum atomic E-state index is 12.5. The minimum atomic E-state index is -0.336. The summed E-state index contributed by atoms with van der Waals surface area (Å²) in [7, 11) is 0. The fraction of sp³-hybridized carbons (Fsp3) is 0.333. The molecule has 1 aromatic carbocycles. The number of aromatic amines is 1. The van der Waals surface area contributed by atoms with Gasteiger partial charge in [0.15, 0.2) is 6.61 Å². The first-order valence-corrected chi connectivity index (χ1v) is 10.4. The summed E-state index contributed by atoms with van der Waals surface area (Å²) in [5, 5.41) is 8.03. The van der Waals surface area contributed by atoms with Gasteiger partial charge in [0.05, 0.1) is 11.4 Å². The number of nitrogens with zero attached hydrogens (tertiary/aromatic N) is 3. The van der Waals surface area contributed by atoms with E-state index in [0.29, 0.717) is 28.5 Å². The van der Waals surface area contributed by atoms with Crippen LogP contribution in [0.1, 0.15) is 42.1 Å². The number of amides is 1. The van der Waals surface area contributed by atoms with Crippen LogP contribution in [0.4, 0.5) is 5.82 Å². The zero-order valence-corrected chi connectivity index (χ0v) is 16.9. The van der Waals surface area contributed by atoms with Gasteiger partial charge < -0.3 is 10.1 Å². The van der Waals surface area contributed by atoms with Crippen LogP contribution in [0.2, 0.25) is 5.02 Å². The Morgan fingerprint density at radius 3 is 2.83 bits per heavy atom. The van der Waals surface area contributed by atoms with Crippen LogP contribution < -0.4 is 15.6 Å². The summed E-state index contributed by atoms with van der Waals surface area (Å²) in [4.78, 5) is 32.3. The molecule has 30 heavy (non-hydrogen) atoms. The number of hydrogen-bond donors (Lipinski definition) is 2. The summed E-state index contributed by atoms with van der Waals surface area (Å²) < 4.78 is 7.02. The van der Waals surface area contributed by atoms with Gasteiger partial charge >= 0.3 is 0 Å². The second-order valence-electron chi connectivity index (χ2n) is 7.60. The molecule has 0 atom stereocenters. The molecule has 1 fully saturated rings. The Labute approximate surface area is 177 Å². The normalized spacial score (nSPS) is 15.1. The molecule has 154 valence electrons. The van der Waals surface area contributed by atoms with Crippen LogP contribution in [-0.2, 0) is 17.6 Å². The summed E-state index contributed by atoms with van der Waals surface area (Å²) in [6.07, 6.45) is 4.58. The van der Waals surface area contributed by atoms with E-state index in [9.17, 15) is 9.59 Å². The van der Waals surface area contributed by atoms with Crippen molar-refractivity contribution >= 4 is 23.3 Å². The zero-order valence-electron chi connectivity index (χ0n) is 16.2. The van der Waals surface area contributed by atoms with Crippen molar-refractivity contribution in [1.29, 1.82) is 0 Å². The van der Waals surface area contributed by atoms with Crippen LogP contribution in [-0.4, -0.2) is 32.3 Å². The van der Waals surface area contributed by atoms with Crippen molar-refractivity contribution in [3.63, 3.8) is 0 Å². The van der Waals surface area contributed by atoms with Crippen LogP contribution in [0.15, 0.2) is 35.1 Å². The van der Waals surface area contributed by atoms with E-state index in [1.165, 1.54) is 4.68 Å². The number of halogens is 1. The maximum absolute atomic E-state index is 12.5. The third kappa shape index (κ3) is 3.82. The van der Waals surface area contributed by atoms with Crippen LogP contribution in [0, 0.1) is 0 Å². The topological polar surface area (TPSA) is 102 Å². The lowest BCUT2D eigenvalue weighted by atomic mass is 10.3. The molecule has 0 spiro atoms. The average molecular weight is 426 g/mol. The molecule has 1 amide bonds. The van der Waals surface area contributed by atoms with Crippen LogP contribution in [0.25, 0.3) is 5.95 Å². The zero-order chi connectivity index (χ0) is 20.7. The number of aryl methyl sites for hydroxylation is 1. The predicted molar refractivity (Wildman–Crippen MR) is 112 cm³/mol. The van der Waals surface area contributed by atoms with Gasteiger partial charge in [0.2, 0.25) is 5.95 Å². The summed E-state index contributed by atoms with van der Waals surface area (Å²) in [6.45, 7) is -0.167. The number of carbonyl (C=O) groups is 1. The number of hydrogen-bond acceptors (Lipinski definition) is 5. The minimum Gasteiger partial charge on any atom is -0.484 e. The molecule has 8 nitrogen and oxygen atoms in total. The van der Waals surface area contributed by atoms with Crippen LogP contribution >= 0.6 is 11.6 Å². The van der Waals surface area contributed by atoms with E-state index in [1.807, 2.05) is 6.07 Å². The van der Waals surface area contributed by atoms with E-state index in [0.717, 1.165) is 49.1 Å². The standard InChI is InChI=1S/C21H20ClN5O3/c22-13-6-8-14(9-7-13)30-11-19(28)24-18-10-17(12-4-5-12)26-27(18)21-23-16-3-1-2-15(16)20(29)25-21/h6-10,12H,1-5,11H2,(H,24,28)(H,23,25,29). The van der Waals surface area contributed by atoms with Crippen molar-refractivity contribution in [1.82, 2.24) is 19.7 Å². The summed E-state index contributed by atoms with van der Waals surface area (Å²) >= 11 is 5.86. The molecule has 2 heterocycles. The third-order valence-electron chi connectivity index (χ3n) is 5.30. The van der Waals surface area contributed by atoms with E-state index in [-0.39, 0.29) is 18.1 Å². The lowest BCUT2D eigenvalue weighted by Crippen LogP contribution is -2.24. The maximum Gasteiger partial charge on any atom is 0.263 e. The second-order valence-corrected chi connectivity index (χ2v) is 8.04. The average Bonchev–Trinajstić information content (AvgIpc) is 3.32. The predicted octanol–water partition coefficient (Wildman–Crippen LogP) is 2.99. The number of benzene rings is 1. The molecule has 0 radical (unpaired) electrons. The Morgan fingerprint density at radius 2 is 2.07 bits per heavy atom. The third-order valence-corrected chi connectivity index (χ3v) is 5.56. The summed E-state index contributed by atoms with van der Waals surface area (Å²) in [5.74, 6) is 1.38. The SMILES string of the molecule is O=C(COc1ccc(Cl)cc1)Nc1cc(C2CC2)nn1-c1nc2c(c(=O)[nH]1)CCC2. The Kier molecular flexibility index (Phi) is 4.78. The Morgan fingerprint density at radius 1 is 1.27 bits per heavy atom. The fourth-order valence-electron chi connectivity index (χ4n) is 3.62. The number of aromatic nitrogens is 4. The van der Waals surface area contributed by atoms with Gasteiger partial charge in [-0.05, 0) is 56.4 Å². The summed E-state index contributed by atoms with van der Waals surface area (Å²) in [6, 6.07) is 8.63. The number of nitrogens with one attached hydrogen (secondary N) is 2. The molecule has 2 aliphatic rings. The largest absolute Gasteiger partial charge is 0.484 e. The molecule has 0 bridgehead atoms. The Bertz CT molecular complexity index is 1160. The van der Waals surface area contributed by atoms with Gasteiger partial charge in [0, 0.05) is 22.6 Å². The van der Waals surface area contributed by atoms with Gasteiger partial charge in [-0.15, -0.1) is 0 Å². The first-order valence-electron chi connectivity index (χ1n) is 9.97. The number of rotatable bonds is 6. The van der Waals surface area contributed by atoms with Gasteiger partial charge in [-0.3, -0.25) is 14.6 Å². The van der Waals surface area contributed by atoms with E-state index in [2.05, 4.69) is 20.4 Å². The number of H-pyrrole nitrogens is 1. The van der Waals surface area contributed by atoms with E-state index in [4.69, 9.17) is 16.3 Å². The fourth-order valence-corrected chi connectivity index (χ4v) is 3.74. The van der Waals surface area contributed by atoms with Crippen molar-refractivity contribution in [2.24, 2.45) is 0 Å². The molecular weight excluding hydrogens is 406 g/mol. The molecule has 0 unspecified atom stereocenters. The summed E-state index contributed by atoms with van der Waals surface area (Å²) in [5.41, 5.74) is 2.29.